The molecule has 0 spiro atoms. The highest BCUT2D eigenvalue weighted by molar-refractivity contribution is 6.35. The molecule has 1 heterocycles. The fraction of sp³-hybridized carbons (Fsp3) is 0.214. The van der Waals surface area contributed by atoms with Gasteiger partial charge in [-0.3, -0.25) is 4.98 Å². The average Bonchev–Trinajstić information content (AvgIpc) is 2.35. The van der Waals surface area contributed by atoms with Crippen LogP contribution in [0.1, 0.15) is 11.3 Å². The standard InChI is InChI=1S/C14H14Cl2N2/c1-9-10(8-17-2)3-6-14(18-9)12-7-11(15)4-5-13(12)16/h3-7,17H,8H2,1-2H3. The van der Waals surface area contributed by atoms with E-state index in [4.69, 9.17) is 23.2 Å². The Bertz CT molecular complexity index is 568. The van der Waals surface area contributed by atoms with Crippen LogP contribution in [-0.2, 0) is 6.54 Å². The SMILES string of the molecule is CNCc1ccc(-c2cc(Cl)ccc2Cl)nc1C. The van der Waals surface area contributed by atoms with Crippen molar-refractivity contribution in [2.75, 3.05) is 7.05 Å². The number of rotatable bonds is 3. The molecule has 0 saturated heterocycles. The third-order valence-electron chi connectivity index (χ3n) is 2.77. The van der Waals surface area contributed by atoms with Gasteiger partial charge in [0.15, 0.2) is 0 Å². The Balaban J connectivity index is 2.45. The molecule has 0 atom stereocenters. The van der Waals surface area contributed by atoms with Crippen molar-refractivity contribution < 1.29 is 0 Å². The molecule has 0 aliphatic rings. The maximum Gasteiger partial charge on any atom is 0.0720 e. The Kier molecular flexibility index (Phi) is 4.23. The van der Waals surface area contributed by atoms with Crippen molar-refractivity contribution in [1.29, 1.82) is 0 Å². The molecule has 94 valence electrons. The van der Waals surface area contributed by atoms with Crippen LogP contribution in [0, 0.1) is 6.92 Å². The molecule has 0 aliphatic carbocycles. The highest BCUT2D eigenvalue weighted by Crippen LogP contribution is 2.29. The second-order valence-electron chi connectivity index (χ2n) is 4.10. The number of aromatic nitrogens is 1. The van der Waals surface area contributed by atoms with E-state index < -0.39 is 0 Å². The largest absolute Gasteiger partial charge is 0.316 e. The van der Waals surface area contributed by atoms with Gasteiger partial charge in [0.25, 0.3) is 0 Å². The summed E-state index contributed by atoms with van der Waals surface area (Å²) in [7, 11) is 1.92. The van der Waals surface area contributed by atoms with Crippen LogP contribution in [0.2, 0.25) is 10.0 Å². The molecule has 1 aromatic heterocycles. The predicted molar refractivity (Wildman–Crippen MR) is 77.2 cm³/mol. The molecule has 1 aromatic carbocycles. The molecule has 2 rings (SSSR count). The fourth-order valence-electron chi connectivity index (χ4n) is 1.81. The first kappa shape index (κ1) is 13.3. The molecule has 1 N–H and O–H groups in total. The Morgan fingerprint density at radius 1 is 1.17 bits per heavy atom. The fourth-order valence-corrected chi connectivity index (χ4v) is 2.20. The molecular formula is C14H14Cl2N2. The van der Waals surface area contributed by atoms with Crippen molar-refractivity contribution in [3.8, 4) is 11.3 Å². The van der Waals surface area contributed by atoms with Crippen molar-refractivity contribution in [2.45, 2.75) is 13.5 Å². The number of nitrogens with zero attached hydrogens (tertiary/aromatic N) is 1. The summed E-state index contributed by atoms with van der Waals surface area (Å²) in [5, 5.41) is 4.44. The number of nitrogens with one attached hydrogen (secondary N) is 1. The summed E-state index contributed by atoms with van der Waals surface area (Å²) in [6, 6.07) is 9.43. The maximum atomic E-state index is 6.17. The van der Waals surface area contributed by atoms with E-state index in [9.17, 15) is 0 Å². The van der Waals surface area contributed by atoms with E-state index >= 15 is 0 Å². The summed E-state index contributed by atoms with van der Waals surface area (Å²) in [4.78, 5) is 4.58. The summed E-state index contributed by atoms with van der Waals surface area (Å²) in [5.74, 6) is 0. The molecule has 2 nitrogen and oxygen atoms in total. The number of pyridine rings is 1. The second kappa shape index (κ2) is 5.70. The van der Waals surface area contributed by atoms with Gasteiger partial charge < -0.3 is 5.32 Å². The molecule has 2 aromatic rings. The second-order valence-corrected chi connectivity index (χ2v) is 4.94. The van der Waals surface area contributed by atoms with Gasteiger partial charge in [0.2, 0.25) is 0 Å². The first-order valence-electron chi connectivity index (χ1n) is 5.68. The molecule has 0 amide bonds. The Hall–Kier alpha value is -1.09. The number of hydrogen-bond acceptors (Lipinski definition) is 2. The van der Waals surface area contributed by atoms with E-state index in [0.717, 1.165) is 23.5 Å². The summed E-state index contributed by atoms with van der Waals surface area (Å²) >= 11 is 12.2. The lowest BCUT2D eigenvalue weighted by atomic mass is 10.1. The molecule has 0 radical (unpaired) electrons. The quantitative estimate of drug-likeness (QED) is 0.916. The van der Waals surface area contributed by atoms with Gasteiger partial charge in [-0.1, -0.05) is 29.3 Å². The number of benzene rings is 1. The van der Waals surface area contributed by atoms with Gasteiger partial charge in [0, 0.05) is 22.8 Å². The van der Waals surface area contributed by atoms with Crippen molar-refractivity contribution in [3.05, 3.63) is 51.6 Å². The number of halogens is 2. The minimum absolute atomic E-state index is 0.660. The molecule has 0 bridgehead atoms. The lowest BCUT2D eigenvalue weighted by Gasteiger charge is -2.09. The highest BCUT2D eigenvalue weighted by Gasteiger charge is 2.08. The van der Waals surface area contributed by atoms with Crippen molar-refractivity contribution >= 4 is 23.2 Å². The van der Waals surface area contributed by atoms with Gasteiger partial charge in [0.1, 0.15) is 0 Å². The van der Waals surface area contributed by atoms with Crippen LogP contribution in [0.25, 0.3) is 11.3 Å². The molecule has 0 fully saturated rings. The van der Waals surface area contributed by atoms with E-state index in [-0.39, 0.29) is 0 Å². The molecular weight excluding hydrogens is 267 g/mol. The minimum atomic E-state index is 0.660. The number of hydrogen-bond donors (Lipinski definition) is 1. The molecule has 4 heteroatoms. The molecule has 0 aliphatic heterocycles. The zero-order valence-corrected chi connectivity index (χ0v) is 11.8. The maximum absolute atomic E-state index is 6.17. The van der Waals surface area contributed by atoms with Gasteiger partial charge in [-0.05, 0) is 43.8 Å². The summed E-state index contributed by atoms with van der Waals surface area (Å²) < 4.78 is 0. The Morgan fingerprint density at radius 3 is 2.61 bits per heavy atom. The van der Waals surface area contributed by atoms with Crippen LogP contribution in [-0.4, -0.2) is 12.0 Å². The monoisotopic (exact) mass is 280 g/mol. The van der Waals surface area contributed by atoms with Crippen LogP contribution < -0.4 is 5.32 Å². The van der Waals surface area contributed by atoms with E-state index in [0.29, 0.717) is 10.0 Å². The molecule has 0 saturated carbocycles. The van der Waals surface area contributed by atoms with Crippen molar-refractivity contribution in [1.82, 2.24) is 10.3 Å². The van der Waals surface area contributed by atoms with Crippen LogP contribution in [0.3, 0.4) is 0 Å². The Labute approximate surface area is 117 Å². The van der Waals surface area contributed by atoms with Crippen molar-refractivity contribution in [3.63, 3.8) is 0 Å². The average molecular weight is 281 g/mol. The highest BCUT2D eigenvalue weighted by atomic mass is 35.5. The third-order valence-corrected chi connectivity index (χ3v) is 3.33. The summed E-state index contributed by atoms with van der Waals surface area (Å²) in [6.45, 7) is 2.80. The summed E-state index contributed by atoms with van der Waals surface area (Å²) in [5.41, 5.74) is 3.89. The molecule has 18 heavy (non-hydrogen) atoms. The van der Waals surface area contributed by atoms with Crippen molar-refractivity contribution in [2.24, 2.45) is 0 Å². The predicted octanol–water partition coefficient (Wildman–Crippen LogP) is 4.08. The normalized spacial score (nSPS) is 10.7. The van der Waals surface area contributed by atoms with Gasteiger partial charge in [-0.2, -0.15) is 0 Å². The van der Waals surface area contributed by atoms with Gasteiger partial charge in [0.05, 0.1) is 10.7 Å². The Morgan fingerprint density at radius 2 is 1.94 bits per heavy atom. The van der Waals surface area contributed by atoms with Crippen LogP contribution in [0.4, 0.5) is 0 Å². The first-order chi connectivity index (χ1) is 8.61. The van der Waals surface area contributed by atoms with Gasteiger partial charge >= 0.3 is 0 Å². The zero-order chi connectivity index (χ0) is 13.1. The van der Waals surface area contributed by atoms with Crippen LogP contribution in [0.15, 0.2) is 30.3 Å². The van der Waals surface area contributed by atoms with Gasteiger partial charge in [-0.25, -0.2) is 0 Å². The van der Waals surface area contributed by atoms with Crippen LogP contribution >= 0.6 is 23.2 Å². The van der Waals surface area contributed by atoms with E-state index in [1.807, 2.05) is 26.1 Å². The van der Waals surface area contributed by atoms with E-state index in [1.54, 1.807) is 12.1 Å². The van der Waals surface area contributed by atoms with E-state index in [1.165, 1.54) is 5.56 Å². The lowest BCUT2D eigenvalue weighted by molar-refractivity contribution is 0.805. The number of aryl methyl sites for hydroxylation is 1. The first-order valence-corrected chi connectivity index (χ1v) is 6.44. The van der Waals surface area contributed by atoms with E-state index in [2.05, 4.69) is 16.4 Å². The lowest BCUT2D eigenvalue weighted by Crippen LogP contribution is -2.07. The van der Waals surface area contributed by atoms with Gasteiger partial charge in [-0.15, -0.1) is 0 Å². The smallest absolute Gasteiger partial charge is 0.0720 e. The zero-order valence-electron chi connectivity index (χ0n) is 10.3. The summed E-state index contributed by atoms with van der Waals surface area (Å²) in [6.07, 6.45) is 0. The molecule has 0 unspecified atom stereocenters. The third kappa shape index (κ3) is 2.83. The topological polar surface area (TPSA) is 24.9 Å². The minimum Gasteiger partial charge on any atom is -0.316 e. The van der Waals surface area contributed by atoms with Crippen LogP contribution in [0.5, 0.6) is 0 Å².